The topological polar surface area (TPSA) is 53.1 Å². The molecule has 96 valence electrons. The highest BCUT2D eigenvalue weighted by Crippen LogP contribution is 2.27. The smallest absolute Gasteiger partial charge is 0.138 e. The molecule has 0 saturated carbocycles. The van der Waals surface area contributed by atoms with Crippen molar-refractivity contribution in [3.63, 3.8) is 0 Å². The lowest BCUT2D eigenvalue weighted by molar-refractivity contribution is 0.297. The SMILES string of the molecule is C[C@@H](N)c1ccc(OCc2cncn2C)c(Cl)c1. The maximum Gasteiger partial charge on any atom is 0.138 e. The highest BCUT2D eigenvalue weighted by Gasteiger charge is 2.07. The predicted octanol–water partition coefficient (Wildman–Crippen LogP) is 2.67. The monoisotopic (exact) mass is 265 g/mol. The first kappa shape index (κ1) is 12.9. The molecule has 0 saturated heterocycles. The molecular formula is C13H16ClN3O. The van der Waals surface area contributed by atoms with Crippen molar-refractivity contribution in [2.24, 2.45) is 12.8 Å². The van der Waals surface area contributed by atoms with Gasteiger partial charge in [-0.2, -0.15) is 0 Å². The van der Waals surface area contributed by atoms with E-state index in [0.29, 0.717) is 17.4 Å². The second-order valence-electron chi connectivity index (χ2n) is 4.26. The average Bonchev–Trinajstić information content (AvgIpc) is 2.73. The van der Waals surface area contributed by atoms with Gasteiger partial charge in [0.2, 0.25) is 0 Å². The Labute approximate surface area is 111 Å². The lowest BCUT2D eigenvalue weighted by Crippen LogP contribution is -2.05. The third-order valence-corrected chi connectivity index (χ3v) is 3.07. The Balaban J connectivity index is 2.08. The molecule has 4 nitrogen and oxygen atoms in total. The fourth-order valence-corrected chi connectivity index (χ4v) is 1.84. The van der Waals surface area contributed by atoms with Crippen molar-refractivity contribution >= 4 is 11.6 Å². The molecule has 0 aliphatic carbocycles. The summed E-state index contributed by atoms with van der Waals surface area (Å²) in [5.41, 5.74) is 7.77. The molecule has 0 unspecified atom stereocenters. The maximum absolute atomic E-state index is 6.15. The van der Waals surface area contributed by atoms with Gasteiger partial charge in [-0.15, -0.1) is 0 Å². The molecule has 0 fully saturated rings. The molecule has 5 heteroatoms. The molecule has 2 aromatic rings. The number of benzene rings is 1. The number of nitrogens with two attached hydrogens (primary N) is 1. The number of ether oxygens (including phenoxy) is 1. The zero-order valence-electron chi connectivity index (χ0n) is 10.4. The van der Waals surface area contributed by atoms with E-state index in [4.69, 9.17) is 22.1 Å². The molecule has 1 heterocycles. The van der Waals surface area contributed by atoms with Gasteiger partial charge in [-0.3, -0.25) is 0 Å². The lowest BCUT2D eigenvalue weighted by Gasteiger charge is -2.11. The molecule has 2 N–H and O–H groups in total. The van der Waals surface area contributed by atoms with E-state index >= 15 is 0 Å². The molecule has 1 aromatic heterocycles. The van der Waals surface area contributed by atoms with Gasteiger partial charge in [0.05, 0.1) is 23.2 Å². The van der Waals surface area contributed by atoms with Gasteiger partial charge in [0.1, 0.15) is 12.4 Å². The number of nitrogens with zero attached hydrogens (tertiary/aromatic N) is 2. The Morgan fingerprint density at radius 2 is 2.28 bits per heavy atom. The van der Waals surface area contributed by atoms with Crippen LogP contribution in [-0.4, -0.2) is 9.55 Å². The summed E-state index contributed by atoms with van der Waals surface area (Å²) >= 11 is 6.15. The molecule has 0 radical (unpaired) electrons. The van der Waals surface area contributed by atoms with E-state index in [0.717, 1.165) is 11.3 Å². The number of aryl methyl sites for hydroxylation is 1. The number of hydrogen-bond acceptors (Lipinski definition) is 3. The van der Waals surface area contributed by atoms with Crippen LogP contribution < -0.4 is 10.5 Å². The van der Waals surface area contributed by atoms with E-state index in [9.17, 15) is 0 Å². The van der Waals surface area contributed by atoms with Crippen LogP contribution in [0.15, 0.2) is 30.7 Å². The number of aromatic nitrogens is 2. The van der Waals surface area contributed by atoms with Crippen LogP contribution >= 0.6 is 11.6 Å². The van der Waals surface area contributed by atoms with Crippen LogP contribution in [0.1, 0.15) is 24.2 Å². The van der Waals surface area contributed by atoms with Crippen molar-refractivity contribution in [1.82, 2.24) is 9.55 Å². The van der Waals surface area contributed by atoms with Crippen molar-refractivity contribution in [3.05, 3.63) is 47.0 Å². The zero-order valence-corrected chi connectivity index (χ0v) is 11.2. The van der Waals surface area contributed by atoms with E-state index in [1.54, 1.807) is 12.5 Å². The minimum absolute atomic E-state index is 0.0337. The number of hydrogen-bond donors (Lipinski definition) is 1. The fourth-order valence-electron chi connectivity index (χ4n) is 1.59. The second-order valence-corrected chi connectivity index (χ2v) is 4.67. The lowest BCUT2D eigenvalue weighted by atomic mass is 10.1. The van der Waals surface area contributed by atoms with E-state index in [1.807, 2.05) is 36.7 Å². The van der Waals surface area contributed by atoms with Gasteiger partial charge in [-0.25, -0.2) is 4.98 Å². The van der Waals surface area contributed by atoms with Crippen molar-refractivity contribution < 1.29 is 4.74 Å². The van der Waals surface area contributed by atoms with Crippen LogP contribution in [0.3, 0.4) is 0 Å². The Bertz CT molecular complexity index is 537. The van der Waals surface area contributed by atoms with Crippen molar-refractivity contribution in [3.8, 4) is 5.75 Å². The van der Waals surface area contributed by atoms with Crippen molar-refractivity contribution in [1.29, 1.82) is 0 Å². The Kier molecular flexibility index (Phi) is 3.89. The Morgan fingerprint density at radius 1 is 1.50 bits per heavy atom. The fraction of sp³-hybridized carbons (Fsp3) is 0.308. The van der Waals surface area contributed by atoms with Gasteiger partial charge in [0.25, 0.3) is 0 Å². The predicted molar refractivity (Wildman–Crippen MR) is 71.6 cm³/mol. The van der Waals surface area contributed by atoms with Gasteiger partial charge in [-0.05, 0) is 24.6 Å². The summed E-state index contributed by atoms with van der Waals surface area (Å²) in [6.45, 7) is 2.36. The third kappa shape index (κ3) is 2.83. The first-order valence-electron chi connectivity index (χ1n) is 5.71. The first-order valence-corrected chi connectivity index (χ1v) is 6.08. The minimum Gasteiger partial charge on any atom is -0.486 e. The molecule has 0 aliphatic heterocycles. The highest BCUT2D eigenvalue weighted by atomic mass is 35.5. The molecule has 2 rings (SSSR count). The maximum atomic E-state index is 6.15. The summed E-state index contributed by atoms with van der Waals surface area (Å²) in [7, 11) is 1.92. The zero-order chi connectivity index (χ0) is 13.1. The molecule has 0 amide bonds. The Morgan fingerprint density at radius 3 is 2.83 bits per heavy atom. The molecule has 18 heavy (non-hydrogen) atoms. The van der Waals surface area contributed by atoms with Crippen LogP contribution in [0.25, 0.3) is 0 Å². The van der Waals surface area contributed by atoms with Gasteiger partial charge in [0, 0.05) is 13.1 Å². The summed E-state index contributed by atoms with van der Waals surface area (Å²) in [6, 6.07) is 5.57. The molecule has 0 spiro atoms. The second kappa shape index (κ2) is 5.42. The molecule has 0 aliphatic rings. The summed E-state index contributed by atoms with van der Waals surface area (Å²) in [4.78, 5) is 4.03. The number of halogens is 1. The van der Waals surface area contributed by atoms with E-state index in [-0.39, 0.29) is 6.04 Å². The van der Waals surface area contributed by atoms with E-state index in [2.05, 4.69) is 4.98 Å². The van der Waals surface area contributed by atoms with E-state index in [1.165, 1.54) is 0 Å². The largest absolute Gasteiger partial charge is 0.486 e. The summed E-state index contributed by atoms with van der Waals surface area (Å²) in [6.07, 6.45) is 3.50. The first-order chi connectivity index (χ1) is 8.58. The molecule has 1 atom stereocenters. The van der Waals surface area contributed by atoms with Crippen LogP contribution in [0, 0.1) is 0 Å². The summed E-state index contributed by atoms with van der Waals surface area (Å²) < 4.78 is 7.57. The normalized spacial score (nSPS) is 12.4. The van der Waals surface area contributed by atoms with Crippen molar-refractivity contribution in [2.75, 3.05) is 0 Å². The van der Waals surface area contributed by atoms with Crippen molar-refractivity contribution in [2.45, 2.75) is 19.6 Å². The summed E-state index contributed by atoms with van der Waals surface area (Å²) in [5, 5.41) is 0.576. The summed E-state index contributed by atoms with van der Waals surface area (Å²) in [5.74, 6) is 0.655. The molecule has 1 aromatic carbocycles. The minimum atomic E-state index is -0.0337. The number of imidazole rings is 1. The van der Waals surface area contributed by atoms with Gasteiger partial charge < -0.3 is 15.0 Å². The third-order valence-electron chi connectivity index (χ3n) is 2.77. The quantitative estimate of drug-likeness (QED) is 0.925. The van der Waals surface area contributed by atoms with Crippen LogP contribution in [0.4, 0.5) is 0 Å². The van der Waals surface area contributed by atoms with Crippen LogP contribution in [0.2, 0.25) is 5.02 Å². The highest BCUT2D eigenvalue weighted by molar-refractivity contribution is 6.32. The van der Waals surface area contributed by atoms with Gasteiger partial charge in [-0.1, -0.05) is 17.7 Å². The average molecular weight is 266 g/mol. The van der Waals surface area contributed by atoms with Crippen LogP contribution in [0.5, 0.6) is 5.75 Å². The Hall–Kier alpha value is -1.52. The van der Waals surface area contributed by atoms with Crippen LogP contribution in [-0.2, 0) is 13.7 Å². The standard InChI is InChI=1S/C13H16ClN3O/c1-9(15)10-3-4-13(12(14)5-10)18-7-11-6-16-8-17(11)2/h3-6,8-9H,7,15H2,1-2H3/t9-/m1/s1. The molecular weight excluding hydrogens is 250 g/mol. The van der Waals surface area contributed by atoms with E-state index < -0.39 is 0 Å². The van der Waals surface area contributed by atoms with Gasteiger partial charge >= 0.3 is 0 Å². The number of rotatable bonds is 4. The van der Waals surface area contributed by atoms with Gasteiger partial charge in [0.15, 0.2) is 0 Å². The molecule has 0 bridgehead atoms.